The SMILES string of the molecule is Cc1ccc(NC(=O)c2nnc(SCC(=O)NC3CCCC3)s2)cc1. The number of benzene rings is 1. The van der Waals surface area contributed by atoms with Crippen molar-refractivity contribution < 1.29 is 9.59 Å². The zero-order valence-electron chi connectivity index (χ0n) is 13.9. The van der Waals surface area contributed by atoms with Crippen molar-refractivity contribution in [2.45, 2.75) is 43.0 Å². The number of rotatable bonds is 6. The van der Waals surface area contributed by atoms with Crippen LogP contribution in [0.5, 0.6) is 0 Å². The van der Waals surface area contributed by atoms with Gasteiger partial charge in [-0.25, -0.2) is 0 Å². The maximum Gasteiger partial charge on any atom is 0.286 e. The van der Waals surface area contributed by atoms with Crippen LogP contribution in [0.25, 0.3) is 0 Å². The van der Waals surface area contributed by atoms with Crippen molar-refractivity contribution in [3.05, 3.63) is 34.8 Å². The number of hydrogen-bond donors (Lipinski definition) is 2. The molecule has 1 heterocycles. The third-order valence-corrected chi connectivity index (χ3v) is 6.01. The molecule has 0 unspecified atom stereocenters. The van der Waals surface area contributed by atoms with Crippen molar-refractivity contribution >= 4 is 40.6 Å². The molecule has 0 radical (unpaired) electrons. The average molecular weight is 377 g/mol. The number of aromatic nitrogens is 2. The molecule has 1 fully saturated rings. The van der Waals surface area contributed by atoms with E-state index in [2.05, 4.69) is 20.8 Å². The zero-order chi connectivity index (χ0) is 17.6. The van der Waals surface area contributed by atoms with Gasteiger partial charge in [0.15, 0.2) is 4.34 Å². The zero-order valence-corrected chi connectivity index (χ0v) is 15.6. The van der Waals surface area contributed by atoms with E-state index in [1.807, 2.05) is 31.2 Å². The van der Waals surface area contributed by atoms with Gasteiger partial charge in [0.1, 0.15) is 0 Å². The summed E-state index contributed by atoms with van der Waals surface area (Å²) in [5.74, 6) is 0.0198. The number of aryl methyl sites for hydroxylation is 1. The van der Waals surface area contributed by atoms with Crippen molar-refractivity contribution in [2.24, 2.45) is 0 Å². The van der Waals surface area contributed by atoms with Gasteiger partial charge in [-0.3, -0.25) is 9.59 Å². The average Bonchev–Trinajstić information content (AvgIpc) is 3.27. The van der Waals surface area contributed by atoms with Gasteiger partial charge in [0.2, 0.25) is 10.9 Å². The Morgan fingerprint density at radius 3 is 2.64 bits per heavy atom. The molecule has 0 aliphatic heterocycles. The van der Waals surface area contributed by atoms with Crippen molar-refractivity contribution in [3.8, 4) is 0 Å². The first kappa shape index (κ1) is 17.9. The molecular formula is C17H20N4O2S2. The summed E-state index contributed by atoms with van der Waals surface area (Å²) in [7, 11) is 0. The van der Waals surface area contributed by atoms with Crippen molar-refractivity contribution in [3.63, 3.8) is 0 Å². The molecule has 0 saturated heterocycles. The van der Waals surface area contributed by atoms with E-state index in [1.54, 1.807) is 0 Å². The molecule has 0 bridgehead atoms. The first-order chi connectivity index (χ1) is 12.1. The monoisotopic (exact) mass is 376 g/mol. The highest BCUT2D eigenvalue weighted by atomic mass is 32.2. The molecule has 2 amide bonds. The highest BCUT2D eigenvalue weighted by Gasteiger charge is 2.18. The Hall–Kier alpha value is -1.93. The highest BCUT2D eigenvalue weighted by molar-refractivity contribution is 8.01. The molecule has 1 aromatic heterocycles. The molecule has 3 rings (SSSR count). The third kappa shape index (κ3) is 5.27. The summed E-state index contributed by atoms with van der Waals surface area (Å²) in [5.41, 5.74) is 1.85. The smallest absolute Gasteiger partial charge is 0.286 e. The minimum absolute atomic E-state index is 0.0118. The Bertz CT molecular complexity index is 739. The minimum Gasteiger partial charge on any atom is -0.353 e. The standard InChI is InChI=1S/C17H20N4O2S2/c1-11-6-8-13(9-7-11)19-15(23)16-20-21-17(25-16)24-10-14(22)18-12-4-2-3-5-12/h6-9,12H,2-5,10H2,1H3,(H,18,22)(H,19,23). The minimum atomic E-state index is -0.288. The predicted molar refractivity (Wildman–Crippen MR) is 100 cm³/mol. The molecule has 132 valence electrons. The van der Waals surface area contributed by atoms with E-state index in [-0.39, 0.29) is 11.8 Å². The first-order valence-corrected chi connectivity index (χ1v) is 10.0. The molecular weight excluding hydrogens is 356 g/mol. The Morgan fingerprint density at radius 2 is 1.92 bits per heavy atom. The third-order valence-electron chi connectivity index (χ3n) is 3.96. The Balaban J connectivity index is 1.48. The van der Waals surface area contributed by atoms with Crippen molar-refractivity contribution in [2.75, 3.05) is 11.1 Å². The van der Waals surface area contributed by atoms with Gasteiger partial charge >= 0.3 is 0 Å². The van der Waals surface area contributed by atoms with Crippen LogP contribution in [-0.4, -0.2) is 33.8 Å². The quantitative estimate of drug-likeness (QED) is 0.756. The largest absolute Gasteiger partial charge is 0.353 e. The molecule has 0 spiro atoms. The van der Waals surface area contributed by atoms with E-state index < -0.39 is 0 Å². The fourth-order valence-corrected chi connectivity index (χ4v) is 4.21. The number of amides is 2. The predicted octanol–water partition coefficient (Wildman–Crippen LogP) is 3.25. The lowest BCUT2D eigenvalue weighted by molar-refractivity contribution is -0.119. The lowest BCUT2D eigenvalue weighted by Gasteiger charge is -2.10. The maximum atomic E-state index is 12.2. The van der Waals surface area contributed by atoms with E-state index in [0.717, 1.165) is 24.1 Å². The number of nitrogens with zero attached hydrogens (tertiary/aromatic N) is 2. The second-order valence-electron chi connectivity index (χ2n) is 6.03. The molecule has 1 aliphatic carbocycles. The van der Waals surface area contributed by atoms with Gasteiger partial charge in [0, 0.05) is 11.7 Å². The number of anilines is 1. The number of carbonyl (C=O) groups is 2. The molecule has 2 N–H and O–H groups in total. The van der Waals surface area contributed by atoms with Crippen LogP contribution in [0.15, 0.2) is 28.6 Å². The number of thioether (sulfide) groups is 1. The Morgan fingerprint density at radius 1 is 1.20 bits per heavy atom. The van der Waals surface area contributed by atoms with Crippen LogP contribution in [0.3, 0.4) is 0 Å². The molecule has 1 saturated carbocycles. The van der Waals surface area contributed by atoms with E-state index >= 15 is 0 Å². The fraction of sp³-hybridized carbons (Fsp3) is 0.412. The summed E-state index contributed by atoms with van der Waals surface area (Å²) in [4.78, 5) is 24.1. The van der Waals surface area contributed by atoms with Crippen molar-refractivity contribution in [1.29, 1.82) is 0 Å². The van der Waals surface area contributed by atoms with Crippen molar-refractivity contribution in [1.82, 2.24) is 15.5 Å². The van der Waals surface area contributed by atoms with Gasteiger partial charge in [0.05, 0.1) is 5.75 Å². The van der Waals surface area contributed by atoms with E-state index in [1.165, 1.54) is 35.9 Å². The number of carbonyl (C=O) groups excluding carboxylic acids is 2. The second kappa shape index (κ2) is 8.44. The molecule has 8 heteroatoms. The van der Waals surface area contributed by atoms with Gasteiger partial charge in [-0.1, -0.05) is 53.6 Å². The summed E-state index contributed by atoms with van der Waals surface area (Å²) >= 11 is 2.51. The molecule has 1 aliphatic rings. The number of hydrogen-bond acceptors (Lipinski definition) is 6. The Kier molecular flexibility index (Phi) is 6.04. The molecule has 0 atom stereocenters. The normalized spacial score (nSPS) is 14.4. The summed E-state index contributed by atoms with van der Waals surface area (Å²) < 4.78 is 0.621. The summed E-state index contributed by atoms with van der Waals surface area (Å²) in [6, 6.07) is 7.87. The molecule has 6 nitrogen and oxygen atoms in total. The Labute approximate surface area is 154 Å². The van der Waals surface area contributed by atoms with Gasteiger partial charge < -0.3 is 10.6 Å². The van der Waals surface area contributed by atoms with Crippen LogP contribution >= 0.6 is 23.1 Å². The summed E-state index contributed by atoms with van der Waals surface area (Å²) in [6.07, 6.45) is 4.51. The lowest BCUT2D eigenvalue weighted by atomic mass is 10.2. The lowest BCUT2D eigenvalue weighted by Crippen LogP contribution is -2.33. The van der Waals surface area contributed by atoms with Gasteiger partial charge in [0.25, 0.3) is 5.91 Å². The van der Waals surface area contributed by atoms with Crippen LogP contribution in [-0.2, 0) is 4.79 Å². The van der Waals surface area contributed by atoms with Crippen LogP contribution in [0, 0.1) is 6.92 Å². The van der Waals surface area contributed by atoms with Crippen LogP contribution < -0.4 is 10.6 Å². The van der Waals surface area contributed by atoms with Gasteiger partial charge in [-0.05, 0) is 31.9 Å². The molecule has 2 aromatic rings. The fourth-order valence-electron chi connectivity index (χ4n) is 2.65. The van der Waals surface area contributed by atoms with E-state index in [0.29, 0.717) is 21.1 Å². The topological polar surface area (TPSA) is 84.0 Å². The molecule has 25 heavy (non-hydrogen) atoms. The summed E-state index contributed by atoms with van der Waals surface area (Å²) in [6.45, 7) is 1.99. The van der Waals surface area contributed by atoms with Gasteiger partial charge in [-0.15, -0.1) is 10.2 Å². The first-order valence-electron chi connectivity index (χ1n) is 8.24. The number of nitrogens with one attached hydrogen (secondary N) is 2. The second-order valence-corrected chi connectivity index (χ2v) is 8.23. The highest BCUT2D eigenvalue weighted by Crippen LogP contribution is 2.23. The van der Waals surface area contributed by atoms with Crippen LogP contribution in [0.2, 0.25) is 0 Å². The summed E-state index contributed by atoms with van der Waals surface area (Å²) in [5, 5.41) is 14.0. The maximum absolute atomic E-state index is 12.2. The van der Waals surface area contributed by atoms with E-state index in [4.69, 9.17) is 0 Å². The molecule has 1 aromatic carbocycles. The van der Waals surface area contributed by atoms with Crippen LogP contribution in [0.1, 0.15) is 41.0 Å². The van der Waals surface area contributed by atoms with E-state index in [9.17, 15) is 9.59 Å². The van der Waals surface area contributed by atoms with Gasteiger partial charge in [-0.2, -0.15) is 0 Å². The van der Waals surface area contributed by atoms with Crippen LogP contribution in [0.4, 0.5) is 5.69 Å².